The number of carbonyl (C=O) groups is 4. The highest BCUT2D eigenvalue weighted by atomic mass is 16.6. The molecule has 0 aromatic heterocycles. The molecule has 0 amide bonds. The van der Waals surface area contributed by atoms with Crippen LogP contribution in [0.5, 0.6) is 17.2 Å². The third-order valence-corrected chi connectivity index (χ3v) is 18.5. The van der Waals surface area contributed by atoms with E-state index < -0.39 is 38.6 Å². The molecule has 2 aliphatic heterocycles. The largest absolute Gasteiger partial charge is 0.489 e. The lowest BCUT2D eigenvalue weighted by Crippen LogP contribution is -2.46. The van der Waals surface area contributed by atoms with Gasteiger partial charge in [0.1, 0.15) is 63.3 Å². The Bertz CT molecular complexity index is 4960. The second-order valence-corrected chi connectivity index (χ2v) is 26.7. The van der Waals surface area contributed by atoms with E-state index in [-0.39, 0.29) is 143 Å². The van der Waals surface area contributed by atoms with Crippen LogP contribution in [0.25, 0.3) is 0 Å². The summed E-state index contributed by atoms with van der Waals surface area (Å²) in [5, 5.41) is 78.8. The molecule has 2 aliphatic rings. The Morgan fingerprint density at radius 1 is 0.320 bits per heavy atom. The molecule has 0 bridgehead atoms. The van der Waals surface area contributed by atoms with E-state index in [1.807, 2.05) is 56.8 Å². The van der Waals surface area contributed by atoms with Crippen molar-refractivity contribution in [2.45, 2.75) is 0 Å². The Kier molecular flexibility index (Phi) is 31.0. The zero-order chi connectivity index (χ0) is 85.2. The zero-order valence-electron chi connectivity index (χ0n) is 65.8. The molecular weight excluding hydrogens is 1570 g/mol. The second-order valence-electron chi connectivity index (χ2n) is 26.7. The quantitative estimate of drug-likeness (QED) is 0.0105. The molecule has 122 heavy (non-hydrogen) atoms. The molecule has 0 atom stereocenters. The van der Waals surface area contributed by atoms with E-state index in [9.17, 15) is 54.6 Å². The fraction of sp³-hybridized carbons (Fsp3) is 0.209. The first kappa shape index (κ1) is 85.8. The number of nitro groups is 3. The molecule has 36 nitrogen and oxygen atoms in total. The number of hydrogen-bond donors (Lipinski definition) is 3. The lowest BCUT2D eigenvalue weighted by atomic mass is 10.2. The number of nitro benzene ring substituents is 3. The van der Waals surface area contributed by atoms with Crippen LogP contribution >= 0.6 is 0 Å². The molecule has 36 heteroatoms. The molecular formula is C86H84N18O18. The monoisotopic (exact) mass is 1660 g/mol. The van der Waals surface area contributed by atoms with E-state index >= 15 is 0 Å². The average molecular weight is 1660 g/mol. The first-order valence-corrected chi connectivity index (χ1v) is 38.5. The van der Waals surface area contributed by atoms with Gasteiger partial charge in [-0.3, -0.25) is 50.4 Å². The van der Waals surface area contributed by atoms with E-state index in [0.29, 0.717) is 76.9 Å². The van der Waals surface area contributed by atoms with Gasteiger partial charge in [0.15, 0.2) is 17.2 Å². The fourth-order valence-electron chi connectivity index (χ4n) is 12.1. The molecule has 3 N–H and O–H groups in total. The summed E-state index contributed by atoms with van der Waals surface area (Å²) >= 11 is 0. The Balaban J connectivity index is 0.654. The third kappa shape index (κ3) is 25.7. The second kappa shape index (κ2) is 44.1. The summed E-state index contributed by atoms with van der Waals surface area (Å²) in [7, 11) is 0. The molecule has 0 radical (unpaired) electrons. The molecule has 0 aliphatic carbocycles. The highest BCUT2D eigenvalue weighted by Crippen LogP contribution is 2.37. The van der Waals surface area contributed by atoms with Gasteiger partial charge in [0, 0.05) is 73.2 Å². The number of anilines is 3. The number of non-ortho nitro benzene ring substituents is 3. The van der Waals surface area contributed by atoms with Gasteiger partial charge in [0.2, 0.25) is 0 Å². The molecule has 0 spiro atoms. The average Bonchev–Trinajstić information content (AvgIpc) is 1.32. The number of ether oxygens (including phenoxy) is 7. The van der Waals surface area contributed by atoms with Gasteiger partial charge in [-0.15, -0.1) is 26.4 Å². The van der Waals surface area contributed by atoms with Gasteiger partial charge in [-0.05, 0) is 140 Å². The lowest BCUT2D eigenvalue weighted by molar-refractivity contribution is -0.385. The number of rotatable bonds is 45. The summed E-state index contributed by atoms with van der Waals surface area (Å²) in [6, 6.07) is 67.8. The smallest absolute Gasteiger partial charge is 0.338 e. The van der Waals surface area contributed by atoms with Crippen molar-refractivity contribution in [1.29, 1.82) is 0 Å². The number of aliphatic hydroxyl groups excluding tert-OH is 1. The number of carbonyl (C=O) groups excluding carboxylic acids is 4. The van der Waals surface area contributed by atoms with Crippen molar-refractivity contribution in [2.75, 3.05) is 133 Å². The molecule has 12 rings (SSSR count). The van der Waals surface area contributed by atoms with Crippen LogP contribution in [0.3, 0.4) is 0 Å². The number of nitrogens with one attached hydrogen (secondary N) is 2. The predicted molar refractivity (Wildman–Crippen MR) is 450 cm³/mol. The van der Waals surface area contributed by atoms with Gasteiger partial charge in [-0.1, -0.05) is 72.8 Å². The summed E-state index contributed by atoms with van der Waals surface area (Å²) in [4.78, 5) is 91.1. The van der Waals surface area contributed by atoms with Crippen molar-refractivity contribution in [3.05, 3.63) is 326 Å². The van der Waals surface area contributed by atoms with Crippen molar-refractivity contribution >= 4 is 92.1 Å². The minimum absolute atomic E-state index is 0.0358. The molecule has 0 unspecified atom stereocenters. The van der Waals surface area contributed by atoms with Crippen LogP contribution in [0.4, 0.5) is 68.2 Å². The van der Waals surface area contributed by atoms with Crippen LogP contribution in [0.15, 0.2) is 304 Å². The molecule has 0 fully saturated rings. The number of esters is 4. The Morgan fingerprint density at radius 2 is 0.582 bits per heavy atom. The number of azo groups is 3. The number of hydrogen-bond acceptors (Lipinski definition) is 33. The predicted octanol–water partition coefficient (Wildman–Crippen LogP) is 15.1. The lowest BCUT2D eigenvalue weighted by Gasteiger charge is -2.30. The third-order valence-electron chi connectivity index (χ3n) is 18.5. The van der Waals surface area contributed by atoms with Crippen LogP contribution < -0.4 is 40.0 Å². The van der Waals surface area contributed by atoms with E-state index in [4.69, 9.17) is 33.2 Å². The minimum atomic E-state index is -0.565. The first-order chi connectivity index (χ1) is 59.5. The number of hydrazine groups is 4. The summed E-state index contributed by atoms with van der Waals surface area (Å²) in [6.07, 6.45) is 7.35. The maximum absolute atomic E-state index is 12.8. The van der Waals surface area contributed by atoms with Crippen LogP contribution in [-0.4, -0.2) is 182 Å². The van der Waals surface area contributed by atoms with Crippen LogP contribution in [-0.2, 0) is 18.9 Å². The Labute approximate surface area is 699 Å². The standard InChI is InChI=1S/C86H84N18O18/c105-53-60-118-82-63-76(104(114)115)35-38-79(82)92-89-68-21-27-71(28-22-68)95(39-41-98-43-45-100(93-98)51-58-116-80-61-74(102(110)111)33-36-77(80)90-87-69-23-29-72(30-24-69)96(47-54-119-83(106)64-13-5-1-6-14-64)48-55-120-84(107)65-15-7-2-8-16-65)40-42-99-44-46-101(94-99)52-59-117-81-62-75(103(112)113)34-37-78(81)91-88-70-25-31-73(32-26-70)97(49-56-121-85(108)66-17-9-3-10-18-66)50-57-122-86(109)67-19-11-4-12-20-67/h1-38,43-46,61-63,93-94,105H,39-42,47-60H2. The summed E-state index contributed by atoms with van der Waals surface area (Å²) in [6.45, 7) is 3.24. The minimum Gasteiger partial charge on any atom is -0.489 e. The van der Waals surface area contributed by atoms with Gasteiger partial charge >= 0.3 is 23.9 Å². The maximum atomic E-state index is 12.8. The van der Waals surface area contributed by atoms with Crippen molar-refractivity contribution < 1.29 is 72.2 Å². The van der Waals surface area contributed by atoms with Gasteiger partial charge in [-0.2, -0.15) is 15.3 Å². The topological polar surface area (TPSA) is 403 Å². The zero-order valence-corrected chi connectivity index (χ0v) is 65.8. The molecule has 0 saturated heterocycles. The number of benzene rings is 10. The summed E-state index contributed by atoms with van der Waals surface area (Å²) in [5.74, 6) is -1.61. The van der Waals surface area contributed by atoms with Crippen molar-refractivity contribution in [2.24, 2.45) is 30.7 Å². The first-order valence-electron chi connectivity index (χ1n) is 38.5. The molecule has 10 aromatic carbocycles. The van der Waals surface area contributed by atoms with Crippen LogP contribution in [0, 0.1) is 30.3 Å². The SMILES string of the molecule is O=C(OCCN(CCOC(=O)c1ccccc1)c1ccc(N=Nc2ccc([N+](=O)[O-])cc2OCCN2C=CN(CCN(CCN3C=CN(CCOc4cc([N+](=O)[O-])ccc4N=Nc4ccc(N(CCOC(=O)c5ccccc5)CCOC(=O)c5ccccc5)cc4)N3)c3ccc(N=Nc4ccc([N+](=O)[O-])cc4OCCO)cc3)N2)cc1)c1ccccc1. The highest BCUT2D eigenvalue weighted by molar-refractivity contribution is 5.91. The molecule has 10 aromatic rings. The van der Waals surface area contributed by atoms with E-state index in [0.717, 1.165) is 5.69 Å². The Morgan fingerprint density at radius 3 is 0.852 bits per heavy atom. The van der Waals surface area contributed by atoms with Gasteiger partial charge in [-0.25, -0.2) is 19.2 Å². The summed E-state index contributed by atoms with van der Waals surface area (Å²) in [5.41, 5.74) is 11.9. The number of aliphatic hydroxyl groups is 1. The van der Waals surface area contributed by atoms with Gasteiger partial charge < -0.3 is 53.0 Å². The highest BCUT2D eigenvalue weighted by Gasteiger charge is 2.23. The molecule has 626 valence electrons. The van der Waals surface area contributed by atoms with Gasteiger partial charge in [0.25, 0.3) is 17.1 Å². The maximum Gasteiger partial charge on any atom is 0.338 e. The van der Waals surface area contributed by atoms with Gasteiger partial charge in [0.05, 0.1) is 131 Å². The molecule has 2 heterocycles. The van der Waals surface area contributed by atoms with Crippen LogP contribution in [0.1, 0.15) is 41.4 Å². The van der Waals surface area contributed by atoms with Crippen LogP contribution in [0.2, 0.25) is 0 Å². The van der Waals surface area contributed by atoms with E-state index in [1.54, 1.807) is 192 Å². The van der Waals surface area contributed by atoms with Crippen molar-refractivity contribution in [3.63, 3.8) is 0 Å². The normalized spacial score (nSPS) is 12.3. The number of nitrogens with zero attached hydrogens (tertiary/aromatic N) is 16. The Hall–Kier alpha value is -15.6. The molecule has 0 saturated carbocycles. The van der Waals surface area contributed by atoms with Crippen molar-refractivity contribution in [3.8, 4) is 17.2 Å². The van der Waals surface area contributed by atoms with E-state index in [2.05, 4.69) is 46.7 Å². The van der Waals surface area contributed by atoms with Crippen molar-refractivity contribution in [1.82, 2.24) is 31.1 Å². The fourth-order valence-corrected chi connectivity index (χ4v) is 12.1. The summed E-state index contributed by atoms with van der Waals surface area (Å²) < 4.78 is 40.3. The van der Waals surface area contributed by atoms with E-state index in [1.165, 1.54) is 54.6 Å².